The van der Waals surface area contributed by atoms with Gasteiger partial charge < -0.3 is 4.52 Å². The number of amides is 1. The van der Waals surface area contributed by atoms with E-state index in [1.165, 1.54) is 16.9 Å². The summed E-state index contributed by atoms with van der Waals surface area (Å²) in [7, 11) is 0. The zero-order valence-corrected chi connectivity index (χ0v) is 14.5. The maximum absolute atomic E-state index is 11.7. The van der Waals surface area contributed by atoms with Gasteiger partial charge in [0.1, 0.15) is 5.76 Å². The molecule has 118 valence electrons. The summed E-state index contributed by atoms with van der Waals surface area (Å²) >= 11 is 3.15. The smallest absolute Gasteiger partial charge is 0.225 e. The van der Waals surface area contributed by atoms with Crippen LogP contribution in [0.4, 0.5) is 5.13 Å². The molecule has 0 aromatic carbocycles. The molecule has 0 atom stereocenters. The molecule has 1 aliphatic rings. The van der Waals surface area contributed by atoms with Crippen LogP contribution in [0.3, 0.4) is 0 Å². The Morgan fingerprint density at radius 2 is 2.18 bits per heavy atom. The molecule has 0 radical (unpaired) electrons. The molecule has 1 amide bonds. The van der Waals surface area contributed by atoms with E-state index in [1.54, 1.807) is 23.6 Å². The molecule has 0 bridgehead atoms. The summed E-state index contributed by atoms with van der Waals surface area (Å²) in [5.74, 6) is 1.82. The molecule has 0 N–H and O–H groups in total. The molecule has 0 unspecified atom stereocenters. The van der Waals surface area contributed by atoms with Crippen molar-refractivity contribution in [1.82, 2.24) is 15.4 Å². The predicted octanol–water partition coefficient (Wildman–Crippen LogP) is 2.99. The van der Waals surface area contributed by atoms with Crippen LogP contribution in [-0.4, -0.2) is 33.1 Å². The molecule has 6 nitrogen and oxygen atoms in total. The first kappa shape index (κ1) is 15.5. The second-order valence-electron chi connectivity index (χ2n) is 5.37. The minimum absolute atomic E-state index is 0.0471. The Morgan fingerprint density at radius 1 is 1.41 bits per heavy atom. The SMILES string of the molecule is CC(=O)N(c1nnc(SCCc2c(C)noc2C)s1)C1CC1. The topological polar surface area (TPSA) is 72.1 Å². The molecule has 22 heavy (non-hydrogen) atoms. The van der Waals surface area contributed by atoms with Crippen LogP contribution in [0, 0.1) is 13.8 Å². The van der Waals surface area contributed by atoms with Crippen molar-refractivity contribution in [2.75, 3.05) is 10.7 Å². The van der Waals surface area contributed by atoms with Crippen molar-refractivity contribution in [3.05, 3.63) is 17.0 Å². The highest BCUT2D eigenvalue weighted by molar-refractivity contribution is 8.01. The number of thioether (sulfide) groups is 1. The first-order valence-electron chi connectivity index (χ1n) is 7.24. The van der Waals surface area contributed by atoms with E-state index < -0.39 is 0 Å². The van der Waals surface area contributed by atoms with Crippen molar-refractivity contribution < 1.29 is 9.32 Å². The Hall–Kier alpha value is -1.41. The molecule has 1 fully saturated rings. The average Bonchev–Trinajstić information content (AvgIpc) is 3.10. The quantitative estimate of drug-likeness (QED) is 0.595. The Balaban J connectivity index is 1.59. The number of nitrogens with zero attached hydrogens (tertiary/aromatic N) is 4. The van der Waals surface area contributed by atoms with Gasteiger partial charge in [-0.25, -0.2) is 0 Å². The Labute approximate surface area is 137 Å². The van der Waals surface area contributed by atoms with Crippen LogP contribution in [0.1, 0.15) is 36.8 Å². The lowest BCUT2D eigenvalue weighted by atomic mass is 10.1. The first-order chi connectivity index (χ1) is 10.6. The van der Waals surface area contributed by atoms with Gasteiger partial charge in [-0.2, -0.15) is 0 Å². The first-order valence-corrected chi connectivity index (χ1v) is 9.04. The monoisotopic (exact) mass is 338 g/mol. The van der Waals surface area contributed by atoms with Crippen molar-refractivity contribution in [3.63, 3.8) is 0 Å². The molecule has 1 aliphatic carbocycles. The van der Waals surface area contributed by atoms with Crippen molar-refractivity contribution in [1.29, 1.82) is 0 Å². The van der Waals surface area contributed by atoms with Crippen molar-refractivity contribution in [2.45, 2.75) is 50.4 Å². The number of rotatable bonds is 6. The van der Waals surface area contributed by atoms with Crippen molar-refractivity contribution in [2.24, 2.45) is 0 Å². The fourth-order valence-electron chi connectivity index (χ4n) is 2.34. The molecule has 1 saturated carbocycles. The van der Waals surface area contributed by atoms with Gasteiger partial charge in [0.15, 0.2) is 4.34 Å². The van der Waals surface area contributed by atoms with Crippen LogP contribution in [0.5, 0.6) is 0 Å². The van der Waals surface area contributed by atoms with E-state index in [0.29, 0.717) is 6.04 Å². The fourth-order valence-corrected chi connectivity index (χ4v) is 4.32. The number of carbonyl (C=O) groups excluding carboxylic acids is 1. The minimum atomic E-state index is 0.0471. The highest BCUT2D eigenvalue weighted by atomic mass is 32.2. The number of hydrogen-bond donors (Lipinski definition) is 0. The van der Waals surface area contributed by atoms with Gasteiger partial charge in [0.25, 0.3) is 0 Å². The summed E-state index contributed by atoms with van der Waals surface area (Å²) < 4.78 is 6.06. The highest BCUT2D eigenvalue weighted by Crippen LogP contribution is 2.35. The predicted molar refractivity (Wildman–Crippen MR) is 86.5 cm³/mol. The lowest BCUT2D eigenvalue weighted by Gasteiger charge is -2.15. The van der Waals surface area contributed by atoms with E-state index in [2.05, 4.69) is 15.4 Å². The molecule has 0 aliphatic heterocycles. The summed E-state index contributed by atoms with van der Waals surface area (Å²) in [5, 5.41) is 13.0. The standard InChI is InChI=1S/C14H18N4O2S2/c1-8-12(9(2)20-17-8)6-7-21-14-16-15-13(22-14)18(10(3)19)11-4-5-11/h11H,4-7H2,1-3H3. The number of hydrogen-bond acceptors (Lipinski definition) is 7. The van der Waals surface area contributed by atoms with Crippen LogP contribution in [0.15, 0.2) is 8.86 Å². The van der Waals surface area contributed by atoms with Gasteiger partial charge in [0, 0.05) is 24.3 Å². The van der Waals surface area contributed by atoms with E-state index in [-0.39, 0.29) is 5.91 Å². The third kappa shape index (κ3) is 3.33. The molecule has 0 spiro atoms. The maximum Gasteiger partial charge on any atom is 0.225 e. The Bertz CT molecular complexity index is 659. The summed E-state index contributed by atoms with van der Waals surface area (Å²) in [6, 6.07) is 0.325. The lowest BCUT2D eigenvalue weighted by molar-refractivity contribution is -0.116. The van der Waals surface area contributed by atoms with Crippen LogP contribution >= 0.6 is 23.1 Å². The van der Waals surface area contributed by atoms with Gasteiger partial charge in [-0.1, -0.05) is 28.3 Å². The molecule has 3 rings (SSSR count). The van der Waals surface area contributed by atoms with E-state index >= 15 is 0 Å². The Kier molecular flexibility index (Phi) is 4.49. The largest absolute Gasteiger partial charge is 0.361 e. The van der Waals surface area contributed by atoms with Crippen LogP contribution in [0.2, 0.25) is 0 Å². The highest BCUT2D eigenvalue weighted by Gasteiger charge is 2.34. The average molecular weight is 338 g/mol. The number of aromatic nitrogens is 3. The van der Waals surface area contributed by atoms with Gasteiger partial charge in [-0.3, -0.25) is 9.69 Å². The molecule has 2 heterocycles. The second kappa shape index (κ2) is 6.37. The minimum Gasteiger partial charge on any atom is -0.361 e. The summed E-state index contributed by atoms with van der Waals surface area (Å²) in [4.78, 5) is 13.5. The molecule has 2 aromatic rings. The maximum atomic E-state index is 11.7. The molecule has 0 saturated heterocycles. The van der Waals surface area contributed by atoms with E-state index in [0.717, 1.165) is 45.9 Å². The third-order valence-electron chi connectivity index (χ3n) is 3.61. The van der Waals surface area contributed by atoms with Gasteiger partial charge in [0.05, 0.1) is 5.69 Å². The summed E-state index contributed by atoms with van der Waals surface area (Å²) in [6.45, 7) is 5.48. The molecule has 8 heteroatoms. The van der Waals surface area contributed by atoms with Crippen LogP contribution in [-0.2, 0) is 11.2 Å². The van der Waals surface area contributed by atoms with Gasteiger partial charge in [-0.15, -0.1) is 10.2 Å². The molecule has 2 aromatic heterocycles. The lowest BCUT2D eigenvalue weighted by Crippen LogP contribution is -2.30. The summed E-state index contributed by atoms with van der Waals surface area (Å²) in [6.07, 6.45) is 3.02. The van der Waals surface area contributed by atoms with Gasteiger partial charge >= 0.3 is 0 Å². The number of aryl methyl sites for hydroxylation is 2. The zero-order chi connectivity index (χ0) is 15.7. The molecular weight excluding hydrogens is 320 g/mol. The number of anilines is 1. The third-order valence-corrected chi connectivity index (χ3v) is 5.67. The zero-order valence-electron chi connectivity index (χ0n) is 12.8. The van der Waals surface area contributed by atoms with Crippen molar-refractivity contribution in [3.8, 4) is 0 Å². The van der Waals surface area contributed by atoms with Crippen molar-refractivity contribution >= 4 is 34.1 Å². The van der Waals surface area contributed by atoms with Gasteiger partial charge in [-0.05, 0) is 33.1 Å². The normalized spacial score (nSPS) is 14.3. The summed E-state index contributed by atoms with van der Waals surface area (Å²) in [5.41, 5.74) is 2.12. The van der Waals surface area contributed by atoms with Crippen LogP contribution in [0.25, 0.3) is 0 Å². The van der Waals surface area contributed by atoms with Gasteiger partial charge in [0.2, 0.25) is 11.0 Å². The Morgan fingerprint density at radius 3 is 2.77 bits per heavy atom. The van der Waals surface area contributed by atoms with Crippen LogP contribution < -0.4 is 4.90 Å². The fraction of sp³-hybridized carbons (Fsp3) is 0.571. The molecular formula is C14H18N4O2S2. The van der Waals surface area contributed by atoms with E-state index in [9.17, 15) is 4.79 Å². The number of carbonyl (C=O) groups is 1. The van der Waals surface area contributed by atoms with E-state index in [1.807, 2.05) is 13.8 Å². The second-order valence-corrected chi connectivity index (χ2v) is 7.67. The van der Waals surface area contributed by atoms with E-state index in [4.69, 9.17) is 4.52 Å².